The number of rotatable bonds is 4. The fraction of sp³-hybridized carbons (Fsp3) is 0.286. The molecule has 2 rings (SSSR count). The van der Waals surface area contributed by atoms with Gasteiger partial charge in [-0.05, 0) is 42.8 Å². The number of hydrogen-bond donors (Lipinski definition) is 0. The van der Waals surface area contributed by atoms with Crippen LogP contribution >= 0.6 is 11.3 Å². The predicted molar refractivity (Wildman–Crippen MR) is 70.7 cm³/mol. The van der Waals surface area contributed by atoms with Crippen LogP contribution in [-0.4, -0.2) is 10.8 Å². The van der Waals surface area contributed by atoms with Crippen molar-refractivity contribution in [3.8, 4) is 0 Å². The van der Waals surface area contributed by atoms with Gasteiger partial charge in [-0.1, -0.05) is 12.1 Å². The highest BCUT2D eigenvalue weighted by Crippen LogP contribution is 2.14. The van der Waals surface area contributed by atoms with Crippen LogP contribution < -0.4 is 0 Å². The molecule has 0 radical (unpaired) electrons. The van der Waals surface area contributed by atoms with E-state index in [1.807, 2.05) is 31.4 Å². The van der Waals surface area contributed by atoms with Gasteiger partial charge in [0, 0.05) is 17.5 Å². The van der Waals surface area contributed by atoms with Crippen LogP contribution in [-0.2, 0) is 6.42 Å². The van der Waals surface area contributed by atoms with Crippen LogP contribution in [0.4, 0.5) is 0 Å². The molecule has 0 fully saturated rings. The Bertz CT molecular complexity index is 517. The number of carbonyl (C=O) groups is 1. The van der Waals surface area contributed by atoms with Crippen LogP contribution in [0.2, 0.25) is 0 Å². The van der Waals surface area contributed by atoms with Crippen LogP contribution in [0.5, 0.6) is 0 Å². The van der Waals surface area contributed by atoms with Gasteiger partial charge in [0.2, 0.25) is 0 Å². The second-order valence-corrected chi connectivity index (χ2v) is 5.21. The minimum absolute atomic E-state index is 0.135. The average molecular weight is 245 g/mol. The molecule has 0 unspecified atom stereocenters. The summed E-state index contributed by atoms with van der Waals surface area (Å²) in [5.41, 5.74) is 2.69. The van der Waals surface area contributed by atoms with Crippen LogP contribution in [0, 0.1) is 13.8 Å². The van der Waals surface area contributed by atoms with Crippen molar-refractivity contribution in [2.75, 3.05) is 0 Å². The number of thiophene rings is 1. The van der Waals surface area contributed by atoms with Crippen molar-refractivity contribution < 1.29 is 4.79 Å². The maximum atomic E-state index is 12.0. The van der Waals surface area contributed by atoms with Gasteiger partial charge in [-0.15, -0.1) is 11.3 Å². The summed E-state index contributed by atoms with van der Waals surface area (Å²) in [5.74, 6) is 0.135. The number of carbonyl (C=O) groups excluding carboxylic acids is 1. The molecule has 0 spiro atoms. The molecule has 2 aromatic heterocycles. The molecule has 0 aliphatic carbocycles. The number of aryl methyl sites for hydroxylation is 3. The normalized spacial score (nSPS) is 10.5. The Labute approximate surface area is 105 Å². The second kappa shape index (κ2) is 5.23. The Balaban J connectivity index is 2.04. The molecule has 88 valence electrons. The van der Waals surface area contributed by atoms with Crippen LogP contribution in [0.3, 0.4) is 0 Å². The highest BCUT2D eigenvalue weighted by atomic mass is 32.1. The number of nitrogens with zero attached hydrogens (tertiary/aromatic N) is 1. The lowest BCUT2D eigenvalue weighted by Gasteiger charge is -2.04. The maximum absolute atomic E-state index is 12.0. The molecule has 17 heavy (non-hydrogen) atoms. The summed E-state index contributed by atoms with van der Waals surface area (Å²) in [4.78, 5) is 17.5. The number of hydrogen-bond acceptors (Lipinski definition) is 3. The Morgan fingerprint density at radius 2 is 2.24 bits per heavy atom. The fourth-order valence-corrected chi connectivity index (χ4v) is 2.53. The molecule has 0 saturated heterocycles. The SMILES string of the molecule is Cc1cnc(C(=O)CCc2cccs2)c(C)c1. The Kier molecular flexibility index (Phi) is 3.69. The third-order valence-corrected chi connectivity index (χ3v) is 3.59. The smallest absolute Gasteiger partial charge is 0.181 e. The van der Waals surface area contributed by atoms with Gasteiger partial charge < -0.3 is 0 Å². The van der Waals surface area contributed by atoms with E-state index in [9.17, 15) is 4.79 Å². The average Bonchev–Trinajstić information content (AvgIpc) is 2.78. The number of aromatic nitrogens is 1. The van der Waals surface area contributed by atoms with E-state index in [1.165, 1.54) is 4.88 Å². The van der Waals surface area contributed by atoms with Crippen LogP contribution in [0.15, 0.2) is 29.8 Å². The molecule has 0 atom stereocenters. The lowest BCUT2D eigenvalue weighted by molar-refractivity contribution is 0.0977. The lowest BCUT2D eigenvalue weighted by Crippen LogP contribution is -2.06. The molecule has 2 aromatic rings. The third kappa shape index (κ3) is 3.01. The Morgan fingerprint density at radius 3 is 2.88 bits per heavy atom. The molecule has 2 heterocycles. The quantitative estimate of drug-likeness (QED) is 0.771. The first kappa shape index (κ1) is 12.0. The summed E-state index contributed by atoms with van der Waals surface area (Å²) in [5, 5.41) is 2.04. The lowest BCUT2D eigenvalue weighted by atomic mass is 10.1. The molecule has 0 amide bonds. The molecule has 3 heteroatoms. The van der Waals surface area contributed by atoms with Gasteiger partial charge in [0.25, 0.3) is 0 Å². The first-order valence-corrected chi connectivity index (χ1v) is 6.53. The van der Waals surface area contributed by atoms with E-state index in [0.717, 1.165) is 17.5 Å². The summed E-state index contributed by atoms with van der Waals surface area (Å²) in [6.07, 6.45) is 3.11. The topological polar surface area (TPSA) is 30.0 Å². The van der Waals surface area contributed by atoms with Gasteiger partial charge in [-0.3, -0.25) is 9.78 Å². The number of ketones is 1. The van der Waals surface area contributed by atoms with Gasteiger partial charge in [0.1, 0.15) is 5.69 Å². The summed E-state index contributed by atoms with van der Waals surface area (Å²) < 4.78 is 0. The molecular weight excluding hydrogens is 230 g/mol. The zero-order valence-electron chi connectivity index (χ0n) is 10.1. The van der Waals surface area contributed by atoms with Gasteiger partial charge >= 0.3 is 0 Å². The number of Topliss-reactive ketones (excluding diaryl/α,β-unsaturated/α-hetero) is 1. The molecule has 0 aliphatic heterocycles. The molecule has 0 bridgehead atoms. The van der Waals surface area contributed by atoms with Gasteiger partial charge in [0.05, 0.1) is 0 Å². The minimum atomic E-state index is 0.135. The zero-order valence-corrected chi connectivity index (χ0v) is 10.9. The number of pyridine rings is 1. The fourth-order valence-electron chi connectivity index (χ4n) is 1.82. The van der Waals surface area contributed by atoms with Crippen molar-refractivity contribution in [2.24, 2.45) is 0 Å². The first-order chi connectivity index (χ1) is 8.16. The van der Waals surface area contributed by atoms with E-state index in [2.05, 4.69) is 11.1 Å². The largest absolute Gasteiger partial charge is 0.292 e. The molecule has 0 aromatic carbocycles. The van der Waals surface area contributed by atoms with E-state index in [-0.39, 0.29) is 5.78 Å². The minimum Gasteiger partial charge on any atom is -0.292 e. The summed E-state index contributed by atoms with van der Waals surface area (Å²) in [6.45, 7) is 3.93. The Morgan fingerprint density at radius 1 is 1.41 bits per heavy atom. The van der Waals surface area contributed by atoms with E-state index >= 15 is 0 Å². The highest BCUT2D eigenvalue weighted by Gasteiger charge is 2.11. The first-order valence-electron chi connectivity index (χ1n) is 5.65. The molecular formula is C14H15NOS. The highest BCUT2D eigenvalue weighted by molar-refractivity contribution is 7.09. The van der Waals surface area contributed by atoms with Gasteiger partial charge in [-0.25, -0.2) is 0 Å². The van der Waals surface area contributed by atoms with E-state index in [4.69, 9.17) is 0 Å². The second-order valence-electron chi connectivity index (χ2n) is 4.18. The van der Waals surface area contributed by atoms with E-state index < -0.39 is 0 Å². The molecule has 0 aliphatic rings. The summed E-state index contributed by atoms with van der Waals surface area (Å²) in [6, 6.07) is 6.08. The molecule has 0 N–H and O–H groups in total. The van der Waals surface area contributed by atoms with Crippen molar-refractivity contribution in [3.63, 3.8) is 0 Å². The van der Waals surface area contributed by atoms with Crippen LogP contribution in [0.1, 0.15) is 32.9 Å². The Hall–Kier alpha value is -1.48. The molecule has 2 nitrogen and oxygen atoms in total. The standard InChI is InChI=1S/C14H15NOS/c1-10-8-11(2)14(15-9-10)13(16)6-5-12-4-3-7-17-12/h3-4,7-9H,5-6H2,1-2H3. The van der Waals surface area contributed by atoms with Crippen molar-refractivity contribution in [1.29, 1.82) is 0 Å². The monoisotopic (exact) mass is 245 g/mol. The summed E-state index contributed by atoms with van der Waals surface area (Å²) in [7, 11) is 0. The van der Waals surface area contributed by atoms with Crippen molar-refractivity contribution in [3.05, 3.63) is 51.5 Å². The third-order valence-electron chi connectivity index (χ3n) is 2.66. The van der Waals surface area contributed by atoms with E-state index in [0.29, 0.717) is 12.1 Å². The predicted octanol–water partition coefficient (Wildman–Crippen LogP) is 3.58. The molecule has 0 saturated carbocycles. The zero-order chi connectivity index (χ0) is 12.3. The van der Waals surface area contributed by atoms with Gasteiger partial charge in [-0.2, -0.15) is 0 Å². The van der Waals surface area contributed by atoms with Crippen molar-refractivity contribution in [1.82, 2.24) is 4.98 Å². The van der Waals surface area contributed by atoms with Crippen molar-refractivity contribution in [2.45, 2.75) is 26.7 Å². The van der Waals surface area contributed by atoms with Crippen LogP contribution in [0.25, 0.3) is 0 Å². The summed E-state index contributed by atoms with van der Waals surface area (Å²) >= 11 is 1.69. The maximum Gasteiger partial charge on any atom is 0.181 e. The van der Waals surface area contributed by atoms with Crippen molar-refractivity contribution >= 4 is 17.1 Å². The van der Waals surface area contributed by atoms with E-state index in [1.54, 1.807) is 17.5 Å². The van der Waals surface area contributed by atoms with Gasteiger partial charge in [0.15, 0.2) is 5.78 Å².